The van der Waals surface area contributed by atoms with Gasteiger partial charge in [0.1, 0.15) is 6.04 Å². The van der Waals surface area contributed by atoms with Crippen LogP contribution in [0.1, 0.15) is 5.56 Å². The number of carboxylic acid groups (broad SMARTS) is 1. The highest BCUT2D eigenvalue weighted by molar-refractivity contribution is 9.10. The molecule has 0 saturated heterocycles. The standard InChI is InChI=1S/C10H9BrClNO3/c11-7-2-1-6(8(12)4-7)3-9(10(15)16)13-5-14/h1-2,4-5,9H,3H2,(H,13,14)(H,15,16). The smallest absolute Gasteiger partial charge is 0.326 e. The minimum Gasteiger partial charge on any atom is -0.480 e. The van der Waals surface area contributed by atoms with Crippen LogP contribution >= 0.6 is 27.5 Å². The highest BCUT2D eigenvalue weighted by atomic mass is 79.9. The SMILES string of the molecule is O=CNC(Cc1ccc(Br)cc1Cl)C(=O)O. The molecule has 0 fully saturated rings. The zero-order chi connectivity index (χ0) is 12.1. The fourth-order valence-electron chi connectivity index (χ4n) is 1.21. The normalized spacial score (nSPS) is 11.9. The molecule has 0 radical (unpaired) electrons. The van der Waals surface area contributed by atoms with Crippen molar-refractivity contribution in [2.24, 2.45) is 0 Å². The third-order valence-corrected chi connectivity index (χ3v) is 2.85. The van der Waals surface area contributed by atoms with Crippen LogP contribution in [0.2, 0.25) is 5.02 Å². The number of amides is 1. The van der Waals surface area contributed by atoms with Gasteiger partial charge in [-0.3, -0.25) is 4.79 Å². The van der Waals surface area contributed by atoms with Crippen molar-refractivity contribution in [3.8, 4) is 0 Å². The van der Waals surface area contributed by atoms with Crippen LogP contribution in [0.4, 0.5) is 0 Å². The maximum absolute atomic E-state index is 10.8. The molecule has 1 atom stereocenters. The van der Waals surface area contributed by atoms with Gasteiger partial charge in [0, 0.05) is 15.9 Å². The molecule has 6 heteroatoms. The van der Waals surface area contributed by atoms with Crippen molar-refractivity contribution in [1.29, 1.82) is 0 Å². The largest absolute Gasteiger partial charge is 0.480 e. The zero-order valence-electron chi connectivity index (χ0n) is 8.11. The second-order valence-corrected chi connectivity index (χ2v) is 4.44. The molecule has 1 rings (SSSR count). The summed E-state index contributed by atoms with van der Waals surface area (Å²) in [5.41, 5.74) is 0.673. The summed E-state index contributed by atoms with van der Waals surface area (Å²) in [5.74, 6) is -1.09. The molecule has 1 amide bonds. The molecule has 0 aliphatic rings. The van der Waals surface area contributed by atoms with Crippen molar-refractivity contribution in [2.75, 3.05) is 0 Å². The monoisotopic (exact) mass is 305 g/mol. The summed E-state index contributed by atoms with van der Waals surface area (Å²) in [4.78, 5) is 21.0. The second kappa shape index (κ2) is 5.86. The van der Waals surface area contributed by atoms with Crippen molar-refractivity contribution in [3.63, 3.8) is 0 Å². The van der Waals surface area contributed by atoms with Crippen LogP contribution in [0.25, 0.3) is 0 Å². The third-order valence-electron chi connectivity index (χ3n) is 2.01. The average Bonchev–Trinajstić information content (AvgIpc) is 2.20. The van der Waals surface area contributed by atoms with E-state index in [0.29, 0.717) is 17.0 Å². The molecule has 0 heterocycles. The van der Waals surface area contributed by atoms with Gasteiger partial charge in [-0.25, -0.2) is 4.79 Å². The Morgan fingerprint density at radius 1 is 1.62 bits per heavy atom. The maximum atomic E-state index is 10.8. The van der Waals surface area contributed by atoms with Crippen molar-refractivity contribution >= 4 is 39.9 Å². The molecule has 16 heavy (non-hydrogen) atoms. The molecule has 86 valence electrons. The van der Waals surface area contributed by atoms with Crippen molar-refractivity contribution in [2.45, 2.75) is 12.5 Å². The van der Waals surface area contributed by atoms with Crippen molar-refractivity contribution in [3.05, 3.63) is 33.3 Å². The molecule has 0 aliphatic heterocycles. The Balaban J connectivity index is 2.84. The van der Waals surface area contributed by atoms with Gasteiger partial charge in [0.2, 0.25) is 6.41 Å². The number of aliphatic carboxylic acids is 1. The number of hydrogen-bond donors (Lipinski definition) is 2. The Morgan fingerprint density at radius 2 is 2.31 bits per heavy atom. The van der Waals surface area contributed by atoms with Crippen LogP contribution in [-0.2, 0) is 16.0 Å². The molecule has 4 nitrogen and oxygen atoms in total. The van der Waals surface area contributed by atoms with Gasteiger partial charge in [-0.15, -0.1) is 0 Å². The van der Waals surface area contributed by atoms with Gasteiger partial charge < -0.3 is 10.4 Å². The summed E-state index contributed by atoms with van der Waals surface area (Å²) in [6.07, 6.45) is 0.520. The van der Waals surface area contributed by atoms with Gasteiger partial charge in [0.15, 0.2) is 0 Å². The zero-order valence-corrected chi connectivity index (χ0v) is 10.5. The molecular formula is C10H9BrClNO3. The summed E-state index contributed by atoms with van der Waals surface area (Å²) >= 11 is 9.19. The van der Waals surface area contributed by atoms with E-state index in [1.807, 2.05) is 0 Å². The first-order chi connectivity index (χ1) is 7.54. The van der Waals surface area contributed by atoms with E-state index in [4.69, 9.17) is 16.7 Å². The molecular weight excluding hydrogens is 297 g/mol. The van der Waals surface area contributed by atoms with E-state index < -0.39 is 12.0 Å². The Bertz CT molecular complexity index is 411. The van der Waals surface area contributed by atoms with Crippen LogP contribution in [0.3, 0.4) is 0 Å². The molecule has 0 saturated carbocycles. The first kappa shape index (κ1) is 13.0. The molecule has 0 spiro atoms. The van der Waals surface area contributed by atoms with E-state index in [2.05, 4.69) is 21.2 Å². The van der Waals surface area contributed by atoms with E-state index in [0.717, 1.165) is 4.47 Å². The number of carbonyl (C=O) groups is 2. The molecule has 1 aromatic carbocycles. The minimum absolute atomic E-state index is 0.153. The van der Waals surface area contributed by atoms with Gasteiger partial charge in [-0.1, -0.05) is 33.6 Å². The molecule has 2 N–H and O–H groups in total. The Hall–Kier alpha value is -1.07. The lowest BCUT2D eigenvalue weighted by atomic mass is 10.1. The summed E-state index contributed by atoms with van der Waals surface area (Å²) in [6, 6.07) is 4.20. The lowest BCUT2D eigenvalue weighted by molar-refractivity contribution is -0.140. The van der Waals surface area contributed by atoms with Gasteiger partial charge in [-0.2, -0.15) is 0 Å². The fourth-order valence-corrected chi connectivity index (χ4v) is 1.96. The van der Waals surface area contributed by atoms with E-state index >= 15 is 0 Å². The number of rotatable bonds is 5. The van der Waals surface area contributed by atoms with Crippen LogP contribution < -0.4 is 5.32 Å². The predicted molar refractivity (Wildman–Crippen MR) is 63.5 cm³/mol. The molecule has 0 bridgehead atoms. The minimum atomic E-state index is -1.09. The molecule has 1 unspecified atom stereocenters. The second-order valence-electron chi connectivity index (χ2n) is 3.12. The van der Waals surface area contributed by atoms with E-state index in [1.54, 1.807) is 18.2 Å². The average molecular weight is 307 g/mol. The number of carboxylic acids is 1. The topological polar surface area (TPSA) is 66.4 Å². The van der Waals surface area contributed by atoms with Gasteiger partial charge in [0.05, 0.1) is 0 Å². The van der Waals surface area contributed by atoms with E-state index in [-0.39, 0.29) is 6.42 Å². The summed E-state index contributed by atoms with van der Waals surface area (Å²) < 4.78 is 0.816. The number of nitrogens with one attached hydrogen (secondary N) is 1. The highest BCUT2D eigenvalue weighted by Gasteiger charge is 2.18. The lowest BCUT2D eigenvalue weighted by Gasteiger charge is -2.12. The highest BCUT2D eigenvalue weighted by Crippen LogP contribution is 2.22. The molecule has 0 aromatic heterocycles. The van der Waals surface area contributed by atoms with Crippen LogP contribution in [0, 0.1) is 0 Å². The quantitative estimate of drug-likeness (QED) is 0.816. The van der Waals surface area contributed by atoms with Crippen LogP contribution in [0.5, 0.6) is 0 Å². The summed E-state index contributed by atoms with van der Waals surface area (Å²) in [7, 11) is 0. The maximum Gasteiger partial charge on any atom is 0.326 e. The Kier molecular flexibility index (Phi) is 4.76. The van der Waals surface area contributed by atoms with Crippen molar-refractivity contribution in [1.82, 2.24) is 5.32 Å². The number of benzene rings is 1. The lowest BCUT2D eigenvalue weighted by Crippen LogP contribution is -2.37. The molecule has 1 aromatic rings. The molecule has 0 aliphatic carbocycles. The first-order valence-corrected chi connectivity index (χ1v) is 5.58. The Labute approximate surface area is 106 Å². The van der Waals surface area contributed by atoms with Gasteiger partial charge >= 0.3 is 5.97 Å². The third kappa shape index (κ3) is 3.50. The number of halogens is 2. The van der Waals surface area contributed by atoms with Gasteiger partial charge in [-0.05, 0) is 17.7 Å². The summed E-state index contributed by atoms with van der Waals surface area (Å²) in [5, 5.41) is 11.5. The van der Waals surface area contributed by atoms with E-state index in [1.165, 1.54) is 0 Å². The Morgan fingerprint density at radius 3 is 2.81 bits per heavy atom. The fraction of sp³-hybridized carbons (Fsp3) is 0.200. The van der Waals surface area contributed by atoms with Gasteiger partial charge in [0.25, 0.3) is 0 Å². The van der Waals surface area contributed by atoms with Crippen LogP contribution in [-0.4, -0.2) is 23.5 Å². The van der Waals surface area contributed by atoms with E-state index in [9.17, 15) is 9.59 Å². The van der Waals surface area contributed by atoms with Crippen LogP contribution in [0.15, 0.2) is 22.7 Å². The first-order valence-electron chi connectivity index (χ1n) is 4.41. The number of carbonyl (C=O) groups excluding carboxylic acids is 1. The van der Waals surface area contributed by atoms with Crippen molar-refractivity contribution < 1.29 is 14.7 Å². The predicted octanol–water partition coefficient (Wildman–Crippen LogP) is 1.84. The summed E-state index contributed by atoms with van der Waals surface area (Å²) in [6.45, 7) is 0. The number of hydrogen-bond acceptors (Lipinski definition) is 2.